The number of rotatable bonds is 4. The molecule has 0 radical (unpaired) electrons. The lowest BCUT2D eigenvalue weighted by Crippen LogP contribution is -2.29. The lowest BCUT2D eigenvalue weighted by Gasteiger charge is -2.27. The maximum Gasteiger partial charge on any atom is 0.0727 e. The Kier molecular flexibility index (Phi) is 3.81. The van der Waals surface area contributed by atoms with E-state index in [-0.39, 0.29) is 6.04 Å². The Morgan fingerprint density at radius 2 is 2.15 bits per heavy atom. The van der Waals surface area contributed by atoms with Crippen molar-refractivity contribution in [2.24, 2.45) is 5.84 Å². The van der Waals surface area contributed by atoms with Crippen molar-refractivity contribution in [1.82, 2.24) is 10.4 Å². The second-order valence-electron chi connectivity index (χ2n) is 5.63. The highest BCUT2D eigenvalue weighted by Gasteiger charge is 2.21. The van der Waals surface area contributed by atoms with Crippen LogP contribution < -0.4 is 11.3 Å². The summed E-state index contributed by atoms with van der Waals surface area (Å²) in [5, 5.41) is 0. The molecule has 2 aromatic rings. The van der Waals surface area contributed by atoms with E-state index in [2.05, 4.69) is 41.6 Å². The zero-order valence-electron chi connectivity index (χ0n) is 11.8. The molecule has 1 aliphatic carbocycles. The van der Waals surface area contributed by atoms with Crippen LogP contribution in [0.25, 0.3) is 0 Å². The van der Waals surface area contributed by atoms with Crippen molar-refractivity contribution in [3.05, 3.63) is 65.0 Å². The van der Waals surface area contributed by atoms with E-state index >= 15 is 0 Å². The van der Waals surface area contributed by atoms with Gasteiger partial charge in [-0.2, -0.15) is 0 Å². The highest BCUT2D eigenvalue weighted by atomic mass is 15.2. The highest BCUT2D eigenvalue weighted by Crippen LogP contribution is 2.37. The summed E-state index contributed by atoms with van der Waals surface area (Å²) in [4.78, 5) is 4.23. The van der Waals surface area contributed by atoms with Crippen molar-refractivity contribution in [1.29, 1.82) is 0 Å². The van der Waals surface area contributed by atoms with Crippen molar-refractivity contribution in [3.63, 3.8) is 0 Å². The smallest absolute Gasteiger partial charge is 0.0727 e. The molecule has 1 fully saturated rings. The number of nitrogens with one attached hydrogen (secondary N) is 1. The molecule has 3 rings (SSSR count). The second kappa shape index (κ2) is 5.73. The minimum absolute atomic E-state index is 0.00345. The maximum absolute atomic E-state index is 5.80. The molecule has 0 amide bonds. The first-order chi connectivity index (χ1) is 9.79. The van der Waals surface area contributed by atoms with Gasteiger partial charge in [-0.1, -0.05) is 30.7 Å². The number of hydrogen-bond acceptors (Lipinski definition) is 3. The van der Waals surface area contributed by atoms with Crippen LogP contribution in [0.3, 0.4) is 0 Å². The molecule has 1 unspecified atom stereocenters. The minimum Gasteiger partial charge on any atom is -0.271 e. The molecule has 1 aromatic heterocycles. The number of aromatic nitrogens is 1. The van der Waals surface area contributed by atoms with Gasteiger partial charge in [-0.25, -0.2) is 5.43 Å². The van der Waals surface area contributed by atoms with Gasteiger partial charge in [-0.15, -0.1) is 0 Å². The van der Waals surface area contributed by atoms with Gasteiger partial charge in [0, 0.05) is 12.4 Å². The third-order valence-corrected chi connectivity index (χ3v) is 4.38. The first-order valence-electron chi connectivity index (χ1n) is 7.26. The van der Waals surface area contributed by atoms with Crippen LogP contribution in [-0.4, -0.2) is 4.98 Å². The summed E-state index contributed by atoms with van der Waals surface area (Å²) < 4.78 is 0. The fraction of sp³-hybridized carbons (Fsp3) is 0.353. The largest absolute Gasteiger partial charge is 0.271 e. The summed E-state index contributed by atoms with van der Waals surface area (Å²) in [6.07, 6.45) is 7.70. The minimum atomic E-state index is 0.00345. The van der Waals surface area contributed by atoms with Gasteiger partial charge in [0.05, 0.1) is 6.04 Å². The van der Waals surface area contributed by atoms with Gasteiger partial charge >= 0.3 is 0 Å². The van der Waals surface area contributed by atoms with Crippen LogP contribution in [0.4, 0.5) is 0 Å². The zero-order valence-corrected chi connectivity index (χ0v) is 11.8. The van der Waals surface area contributed by atoms with E-state index in [0.717, 1.165) is 11.5 Å². The molecule has 20 heavy (non-hydrogen) atoms. The number of aryl methyl sites for hydroxylation is 1. The van der Waals surface area contributed by atoms with Crippen LogP contribution in [0.2, 0.25) is 0 Å². The van der Waals surface area contributed by atoms with Crippen LogP contribution in [-0.2, 0) is 0 Å². The normalized spacial score (nSPS) is 16.7. The summed E-state index contributed by atoms with van der Waals surface area (Å²) in [5.74, 6) is 6.54. The van der Waals surface area contributed by atoms with E-state index in [4.69, 9.17) is 5.84 Å². The Balaban J connectivity index is 1.95. The molecule has 0 aliphatic heterocycles. The Labute approximate surface area is 120 Å². The Morgan fingerprint density at radius 1 is 1.30 bits per heavy atom. The number of benzene rings is 1. The van der Waals surface area contributed by atoms with Crippen LogP contribution in [0.1, 0.15) is 53.5 Å². The Hall–Kier alpha value is -1.71. The third kappa shape index (κ3) is 2.47. The van der Waals surface area contributed by atoms with Crippen molar-refractivity contribution in [2.45, 2.75) is 38.1 Å². The van der Waals surface area contributed by atoms with E-state index in [1.54, 1.807) is 0 Å². The molecule has 1 heterocycles. The summed E-state index contributed by atoms with van der Waals surface area (Å²) in [6.45, 7) is 2.09. The standard InChI is InChI=1S/C17H21N3/c1-12-8-9-19-11-16(12)17(20-18)15-7-3-6-14(10-15)13-4-2-5-13/h3,6-11,13,17,20H,2,4-5,18H2,1H3. The van der Waals surface area contributed by atoms with Crippen LogP contribution >= 0.6 is 0 Å². The van der Waals surface area contributed by atoms with E-state index in [9.17, 15) is 0 Å². The Morgan fingerprint density at radius 3 is 2.80 bits per heavy atom. The number of pyridine rings is 1. The maximum atomic E-state index is 5.80. The predicted molar refractivity (Wildman–Crippen MR) is 81.2 cm³/mol. The van der Waals surface area contributed by atoms with E-state index in [1.807, 2.05) is 18.5 Å². The number of hydrazine groups is 1. The molecule has 3 N–H and O–H groups in total. The van der Waals surface area contributed by atoms with E-state index in [0.29, 0.717) is 0 Å². The summed E-state index contributed by atoms with van der Waals surface area (Å²) in [7, 11) is 0. The van der Waals surface area contributed by atoms with Crippen molar-refractivity contribution >= 4 is 0 Å². The number of nitrogens with zero attached hydrogens (tertiary/aromatic N) is 1. The van der Waals surface area contributed by atoms with Gasteiger partial charge in [-0.3, -0.25) is 10.8 Å². The van der Waals surface area contributed by atoms with Gasteiger partial charge < -0.3 is 0 Å². The average Bonchev–Trinajstić information content (AvgIpc) is 2.40. The average molecular weight is 267 g/mol. The van der Waals surface area contributed by atoms with Crippen molar-refractivity contribution in [3.8, 4) is 0 Å². The highest BCUT2D eigenvalue weighted by molar-refractivity contribution is 5.37. The fourth-order valence-corrected chi connectivity index (χ4v) is 2.88. The lowest BCUT2D eigenvalue weighted by atomic mass is 9.79. The summed E-state index contributed by atoms with van der Waals surface area (Å²) in [6, 6.07) is 10.8. The molecular formula is C17H21N3. The van der Waals surface area contributed by atoms with Gasteiger partial charge in [0.2, 0.25) is 0 Å². The van der Waals surface area contributed by atoms with Gasteiger partial charge in [0.25, 0.3) is 0 Å². The van der Waals surface area contributed by atoms with E-state index < -0.39 is 0 Å². The number of nitrogens with two attached hydrogens (primary N) is 1. The zero-order chi connectivity index (χ0) is 13.9. The topological polar surface area (TPSA) is 50.9 Å². The van der Waals surface area contributed by atoms with Gasteiger partial charge in [-0.05, 0) is 54.0 Å². The van der Waals surface area contributed by atoms with Gasteiger partial charge in [0.15, 0.2) is 0 Å². The molecule has 104 valence electrons. The summed E-state index contributed by atoms with van der Waals surface area (Å²) >= 11 is 0. The SMILES string of the molecule is Cc1ccncc1C(NN)c1cccc(C2CCC2)c1. The molecular weight excluding hydrogens is 246 g/mol. The molecule has 1 aliphatic rings. The van der Waals surface area contributed by atoms with Crippen LogP contribution in [0, 0.1) is 6.92 Å². The molecule has 0 saturated heterocycles. The molecule has 3 heteroatoms. The summed E-state index contributed by atoms with van der Waals surface area (Å²) in [5.41, 5.74) is 7.94. The van der Waals surface area contributed by atoms with Crippen LogP contribution in [0.15, 0.2) is 42.7 Å². The molecule has 0 bridgehead atoms. The molecule has 1 atom stereocenters. The molecule has 1 aromatic carbocycles. The van der Waals surface area contributed by atoms with Crippen molar-refractivity contribution in [2.75, 3.05) is 0 Å². The van der Waals surface area contributed by atoms with Gasteiger partial charge in [0.1, 0.15) is 0 Å². The van der Waals surface area contributed by atoms with E-state index in [1.165, 1.54) is 36.0 Å². The molecule has 3 nitrogen and oxygen atoms in total. The first kappa shape index (κ1) is 13.3. The van der Waals surface area contributed by atoms with Crippen molar-refractivity contribution < 1.29 is 0 Å². The number of hydrogen-bond donors (Lipinski definition) is 2. The second-order valence-corrected chi connectivity index (χ2v) is 5.63. The quantitative estimate of drug-likeness (QED) is 0.660. The fourth-order valence-electron chi connectivity index (χ4n) is 2.88. The molecule has 1 saturated carbocycles. The first-order valence-corrected chi connectivity index (χ1v) is 7.26. The van der Waals surface area contributed by atoms with Crippen LogP contribution in [0.5, 0.6) is 0 Å². The third-order valence-electron chi connectivity index (χ3n) is 4.38. The predicted octanol–water partition coefficient (Wildman–Crippen LogP) is 3.21. The monoisotopic (exact) mass is 267 g/mol. The molecule has 0 spiro atoms. The lowest BCUT2D eigenvalue weighted by molar-refractivity contribution is 0.419. The Bertz CT molecular complexity index is 590.